The van der Waals surface area contributed by atoms with Gasteiger partial charge in [-0.25, -0.2) is 4.79 Å². The van der Waals surface area contributed by atoms with Crippen LogP contribution in [0.2, 0.25) is 0 Å². The van der Waals surface area contributed by atoms with Crippen molar-refractivity contribution in [2.75, 3.05) is 34.2 Å². The minimum absolute atomic E-state index is 0. The van der Waals surface area contributed by atoms with E-state index in [1.54, 1.807) is 13.0 Å². The Bertz CT molecular complexity index is 200. The maximum absolute atomic E-state index is 10.8. The van der Waals surface area contributed by atoms with Gasteiger partial charge in [-0.3, -0.25) is 0 Å². The number of hydrogen-bond acceptors (Lipinski definition) is 3. The molecule has 0 aromatic heterocycles. The van der Waals surface area contributed by atoms with E-state index in [9.17, 15) is 4.79 Å². The first-order valence-electron chi connectivity index (χ1n) is 4.82. The van der Waals surface area contributed by atoms with Crippen molar-refractivity contribution in [3.63, 3.8) is 0 Å². The molecule has 0 aliphatic heterocycles. The lowest BCUT2D eigenvalue weighted by Gasteiger charge is -2.23. The van der Waals surface area contributed by atoms with Crippen molar-refractivity contribution in [1.82, 2.24) is 5.48 Å². The molecule has 0 rings (SSSR count). The Balaban J connectivity index is 0. The van der Waals surface area contributed by atoms with E-state index in [0.29, 0.717) is 6.54 Å². The van der Waals surface area contributed by atoms with Gasteiger partial charge >= 0.3 is 5.97 Å². The fourth-order valence-electron chi connectivity index (χ4n) is 0.918. The van der Waals surface area contributed by atoms with Crippen LogP contribution in [0.5, 0.6) is 0 Å². The number of carbonyl (C=O) groups is 1. The predicted molar refractivity (Wildman–Crippen MR) is 56.4 cm³/mol. The second-order valence-corrected chi connectivity index (χ2v) is 4.18. The molecule has 0 spiro atoms. The zero-order valence-electron chi connectivity index (χ0n) is 9.92. The summed E-state index contributed by atoms with van der Waals surface area (Å²) >= 11 is 0. The first-order chi connectivity index (χ1) is 6.45. The Labute approximate surface area is 98.2 Å². The Kier molecular flexibility index (Phi) is 9.77. The van der Waals surface area contributed by atoms with Crippen molar-refractivity contribution >= 4 is 5.97 Å². The molecule has 0 heterocycles. The fraction of sp³-hybridized carbons (Fsp3) is 0.700. The van der Waals surface area contributed by atoms with Gasteiger partial charge in [-0.05, 0) is 6.92 Å². The van der Waals surface area contributed by atoms with Crippen molar-refractivity contribution in [2.24, 2.45) is 0 Å². The van der Waals surface area contributed by atoms with Gasteiger partial charge in [-0.2, -0.15) is 5.48 Å². The topological polar surface area (TPSA) is 38.3 Å². The standard InChI is InChI=1S/C10H21N2O2.ClH/c1-5-7-10(13)14-11-8-6-9-12(2,3)4;/h5,7,11H,6,8-9H2,1-4H3;1H/q+1;/p-1. The van der Waals surface area contributed by atoms with Crippen molar-refractivity contribution in [3.05, 3.63) is 12.2 Å². The van der Waals surface area contributed by atoms with E-state index in [2.05, 4.69) is 26.6 Å². The maximum atomic E-state index is 10.8. The summed E-state index contributed by atoms with van der Waals surface area (Å²) in [6.07, 6.45) is 4.01. The summed E-state index contributed by atoms with van der Waals surface area (Å²) in [5.74, 6) is -0.349. The van der Waals surface area contributed by atoms with Gasteiger partial charge in [0.2, 0.25) is 0 Å². The molecule has 0 radical (unpaired) electrons. The lowest BCUT2D eigenvalue weighted by molar-refractivity contribution is -0.870. The Morgan fingerprint density at radius 1 is 1.40 bits per heavy atom. The molecule has 90 valence electrons. The van der Waals surface area contributed by atoms with Gasteiger partial charge in [0.05, 0.1) is 27.7 Å². The van der Waals surface area contributed by atoms with E-state index in [1.165, 1.54) is 6.08 Å². The summed E-state index contributed by atoms with van der Waals surface area (Å²) in [6.45, 7) is 3.52. The second-order valence-electron chi connectivity index (χ2n) is 4.18. The molecule has 0 bridgehead atoms. The maximum Gasteiger partial charge on any atom is 0.349 e. The molecule has 4 nitrogen and oxygen atoms in total. The molecule has 0 saturated heterocycles. The number of nitrogens with zero attached hydrogens (tertiary/aromatic N) is 1. The zero-order chi connectivity index (χ0) is 11.0. The van der Waals surface area contributed by atoms with Crippen LogP contribution in [-0.4, -0.2) is 44.7 Å². The third-order valence-corrected chi connectivity index (χ3v) is 1.58. The summed E-state index contributed by atoms with van der Waals surface area (Å²) in [6, 6.07) is 0. The summed E-state index contributed by atoms with van der Waals surface area (Å²) in [4.78, 5) is 15.5. The van der Waals surface area contributed by atoms with Gasteiger partial charge in [-0.15, -0.1) is 0 Å². The number of halogens is 1. The van der Waals surface area contributed by atoms with Gasteiger partial charge in [0.1, 0.15) is 0 Å². The van der Waals surface area contributed by atoms with Crippen molar-refractivity contribution in [3.8, 4) is 0 Å². The monoisotopic (exact) mass is 236 g/mol. The summed E-state index contributed by atoms with van der Waals surface area (Å²) in [7, 11) is 6.39. The normalized spacial score (nSPS) is 11.2. The Hall–Kier alpha value is -0.580. The van der Waals surface area contributed by atoms with Crippen LogP contribution in [0.15, 0.2) is 12.2 Å². The van der Waals surface area contributed by atoms with E-state index in [-0.39, 0.29) is 18.4 Å². The van der Waals surface area contributed by atoms with Gasteiger partial charge in [0.25, 0.3) is 0 Å². The van der Waals surface area contributed by atoms with Crippen LogP contribution in [0.3, 0.4) is 0 Å². The van der Waals surface area contributed by atoms with Crippen LogP contribution < -0.4 is 17.9 Å². The fourth-order valence-corrected chi connectivity index (χ4v) is 0.918. The van der Waals surface area contributed by atoms with Crippen molar-refractivity contribution in [1.29, 1.82) is 0 Å². The molecule has 15 heavy (non-hydrogen) atoms. The van der Waals surface area contributed by atoms with Crippen LogP contribution in [0.25, 0.3) is 0 Å². The number of hydroxylamine groups is 1. The molecular weight excluding hydrogens is 216 g/mol. The molecule has 0 fully saturated rings. The van der Waals surface area contributed by atoms with E-state index in [1.807, 2.05) is 0 Å². The average Bonchev–Trinajstić information content (AvgIpc) is 2.02. The third kappa shape index (κ3) is 13.4. The Morgan fingerprint density at radius 2 is 2.00 bits per heavy atom. The molecule has 0 saturated carbocycles. The zero-order valence-corrected chi connectivity index (χ0v) is 10.7. The van der Waals surface area contributed by atoms with E-state index < -0.39 is 0 Å². The molecule has 5 heteroatoms. The van der Waals surface area contributed by atoms with Crippen molar-refractivity contribution < 1.29 is 26.5 Å². The Morgan fingerprint density at radius 3 is 2.47 bits per heavy atom. The molecule has 0 aromatic rings. The first kappa shape index (κ1) is 16.8. The van der Waals surface area contributed by atoms with Crippen LogP contribution in [0.4, 0.5) is 0 Å². The number of allylic oxidation sites excluding steroid dienone is 1. The third-order valence-electron chi connectivity index (χ3n) is 1.58. The average molecular weight is 237 g/mol. The molecule has 0 amide bonds. The summed E-state index contributed by atoms with van der Waals surface area (Å²) < 4.78 is 0.921. The van der Waals surface area contributed by atoms with E-state index in [0.717, 1.165) is 17.4 Å². The van der Waals surface area contributed by atoms with Crippen LogP contribution >= 0.6 is 0 Å². The molecule has 0 atom stereocenters. The van der Waals surface area contributed by atoms with Crippen LogP contribution in [-0.2, 0) is 9.63 Å². The number of hydrogen-bond donors (Lipinski definition) is 1. The van der Waals surface area contributed by atoms with Crippen LogP contribution in [0.1, 0.15) is 13.3 Å². The molecule has 0 aliphatic carbocycles. The van der Waals surface area contributed by atoms with E-state index >= 15 is 0 Å². The minimum atomic E-state index is -0.349. The quantitative estimate of drug-likeness (QED) is 0.244. The van der Waals surface area contributed by atoms with E-state index in [4.69, 9.17) is 4.84 Å². The van der Waals surface area contributed by atoms with Gasteiger partial charge in [0.15, 0.2) is 0 Å². The summed E-state index contributed by atoms with van der Waals surface area (Å²) in [5, 5.41) is 0. The number of nitrogens with one attached hydrogen (secondary N) is 1. The van der Waals surface area contributed by atoms with Gasteiger partial charge in [-0.1, -0.05) is 6.08 Å². The first-order valence-corrected chi connectivity index (χ1v) is 4.82. The second kappa shape index (κ2) is 8.71. The molecule has 0 unspecified atom stereocenters. The largest absolute Gasteiger partial charge is 1.00 e. The highest BCUT2D eigenvalue weighted by Gasteiger charge is 2.05. The number of carbonyl (C=O) groups excluding carboxylic acids is 1. The highest BCUT2D eigenvalue weighted by atomic mass is 35.5. The number of quaternary nitrogens is 1. The molecule has 0 aliphatic rings. The number of rotatable bonds is 6. The van der Waals surface area contributed by atoms with Gasteiger partial charge < -0.3 is 21.7 Å². The lowest BCUT2D eigenvalue weighted by Crippen LogP contribution is -3.00. The molecule has 1 N–H and O–H groups in total. The lowest BCUT2D eigenvalue weighted by atomic mass is 10.4. The van der Waals surface area contributed by atoms with Gasteiger partial charge in [0, 0.05) is 19.0 Å². The summed E-state index contributed by atoms with van der Waals surface area (Å²) in [5.41, 5.74) is 2.63. The van der Waals surface area contributed by atoms with Crippen LogP contribution in [0, 0.1) is 0 Å². The van der Waals surface area contributed by atoms with Crippen molar-refractivity contribution in [2.45, 2.75) is 13.3 Å². The molecular formula is C10H21ClN2O2. The highest BCUT2D eigenvalue weighted by Crippen LogP contribution is 1.91. The minimum Gasteiger partial charge on any atom is -1.00 e. The SMILES string of the molecule is CC=CC(=O)ONCCC[N+](C)(C)C.[Cl-]. The molecule has 0 aromatic carbocycles. The highest BCUT2D eigenvalue weighted by molar-refractivity contribution is 5.81. The smallest absolute Gasteiger partial charge is 0.349 e. The predicted octanol–water partition coefficient (Wildman–Crippen LogP) is -2.29.